The zero-order valence-corrected chi connectivity index (χ0v) is 7.60. The van der Waals surface area contributed by atoms with Crippen molar-refractivity contribution in [3.63, 3.8) is 0 Å². The van der Waals surface area contributed by atoms with Gasteiger partial charge in [0.1, 0.15) is 5.75 Å². The summed E-state index contributed by atoms with van der Waals surface area (Å²) in [6.45, 7) is 0. The molecule has 5 nitrogen and oxygen atoms in total. The molecule has 0 spiro atoms. The molecule has 6 heteroatoms. The normalized spacial score (nSPS) is 9.36. The molecule has 0 radical (unpaired) electrons. The first-order chi connectivity index (χ1) is 6.63. The Balaban J connectivity index is 2.73. The van der Waals surface area contributed by atoms with E-state index in [4.69, 9.17) is 10.0 Å². The fraction of sp³-hybridized carbons (Fsp3) is 0.125. The van der Waals surface area contributed by atoms with Crippen molar-refractivity contribution < 1.29 is 19.5 Å². The van der Waals surface area contributed by atoms with Gasteiger partial charge in [0, 0.05) is 12.6 Å². The molecule has 1 aromatic rings. The van der Waals surface area contributed by atoms with Gasteiger partial charge in [-0.25, -0.2) is 0 Å². The lowest BCUT2D eigenvalue weighted by molar-refractivity contribution is 0.0963. The van der Waals surface area contributed by atoms with Crippen molar-refractivity contribution in [2.24, 2.45) is 0 Å². The van der Waals surface area contributed by atoms with Crippen molar-refractivity contribution in [2.75, 3.05) is 7.05 Å². The highest BCUT2D eigenvalue weighted by Gasteiger charge is 2.11. The Morgan fingerprint density at radius 3 is 2.36 bits per heavy atom. The molecule has 3 N–H and O–H groups in total. The van der Waals surface area contributed by atoms with Gasteiger partial charge in [0.05, 0.1) is 0 Å². The Bertz CT molecular complexity index is 312. The summed E-state index contributed by atoms with van der Waals surface area (Å²) < 4.78 is 4.56. The molecule has 0 aliphatic carbocycles. The molecule has 0 aromatic heterocycles. The average molecular weight is 195 g/mol. The van der Waals surface area contributed by atoms with Crippen LogP contribution in [-0.2, 0) is 0 Å². The fourth-order valence-electron chi connectivity index (χ4n) is 0.951. The molecule has 0 atom stereocenters. The number of hydrogen-bond donors (Lipinski definition) is 3. The minimum absolute atomic E-state index is 0.207. The highest BCUT2D eigenvalue weighted by molar-refractivity contribution is 6.33. The molecule has 74 valence electrons. The van der Waals surface area contributed by atoms with Gasteiger partial charge in [-0.2, -0.15) is 0 Å². The number of nitrogens with one attached hydrogen (secondary N) is 1. The van der Waals surface area contributed by atoms with Crippen LogP contribution in [0, 0.1) is 0 Å². The van der Waals surface area contributed by atoms with Crippen molar-refractivity contribution in [3.8, 4) is 5.75 Å². The van der Waals surface area contributed by atoms with Crippen LogP contribution < -0.4 is 9.97 Å². The highest BCUT2D eigenvalue weighted by atomic mass is 16.6. The molecule has 0 fully saturated rings. The summed E-state index contributed by atoms with van der Waals surface area (Å²) >= 11 is 0. The van der Waals surface area contributed by atoms with Gasteiger partial charge in [-0.3, -0.25) is 4.79 Å². The van der Waals surface area contributed by atoms with Gasteiger partial charge in [-0.05, 0) is 24.3 Å². The van der Waals surface area contributed by atoms with Gasteiger partial charge in [-0.15, -0.1) is 0 Å². The van der Waals surface area contributed by atoms with Gasteiger partial charge in [0.15, 0.2) is 0 Å². The number of carbonyl (C=O) groups is 1. The van der Waals surface area contributed by atoms with E-state index in [0.717, 1.165) is 0 Å². The minimum atomic E-state index is -1.85. The predicted octanol–water partition coefficient (Wildman–Crippen LogP) is -0.606. The first-order valence-electron chi connectivity index (χ1n) is 3.98. The third kappa shape index (κ3) is 2.76. The number of carbonyl (C=O) groups excluding carboxylic acids is 1. The van der Waals surface area contributed by atoms with E-state index in [0.29, 0.717) is 5.56 Å². The molecule has 1 amide bonds. The quantitative estimate of drug-likeness (QED) is 0.562. The first kappa shape index (κ1) is 10.6. The number of rotatable bonds is 3. The third-order valence-corrected chi connectivity index (χ3v) is 1.59. The van der Waals surface area contributed by atoms with Gasteiger partial charge in [-0.1, -0.05) is 0 Å². The van der Waals surface area contributed by atoms with Crippen LogP contribution in [0.25, 0.3) is 0 Å². The van der Waals surface area contributed by atoms with Crippen molar-refractivity contribution in [1.82, 2.24) is 5.32 Å². The Morgan fingerprint density at radius 2 is 1.93 bits per heavy atom. The van der Waals surface area contributed by atoms with E-state index < -0.39 is 7.32 Å². The van der Waals surface area contributed by atoms with Gasteiger partial charge in [0.25, 0.3) is 5.91 Å². The molecular weight excluding hydrogens is 185 g/mol. The second-order valence-corrected chi connectivity index (χ2v) is 2.55. The van der Waals surface area contributed by atoms with Crippen molar-refractivity contribution in [1.29, 1.82) is 0 Å². The zero-order chi connectivity index (χ0) is 10.6. The monoisotopic (exact) mass is 195 g/mol. The molecule has 0 aliphatic rings. The summed E-state index contributed by atoms with van der Waals surface area (Å²) in [6.07, 6.45) is 0. The standard InChI is InChI=1S/C8H10BNO4/c1-10-8(11)6-2-4-7(5-3-6)14-9(12)13/h2-5,12-13H,1H3,(H,10,11). The molecule has 0 bridgehead atoms. The Labute approximate surface area is 81.5 Å². The molecule has 1 rings (SSSR count). The predicted molar refractivity (Wildman–Crippen MR) is 50.7 cm³/mol. The summed E-state index contributed by atoms with van der Waals surface area (Å²) in [5, 5.41) is 19.4. The minimum Gasteiger partial charge on any atom is -0.512 e. The molecule has 0 heterocycles. The topological polar surface area (TPSA) is 78.8 Å². The summed E-state index contributed by atoms with van der Waals surface area (Å²) in [6, 6.07) is 6.00. The first-order valence-corrected chi connectivity index (χ1v) is 3.98. The summed E-state index contributed by atoms with van der Waals surface area (Å²) in [5.41, 5.74) is 0.479. The third-order valence-electron chi connectivity index (χ3n) is 1.59. The van der Waals surface area contributed by atoms with E-state index in [1.807, 2.05) is 0 Å². The van der Waals surface area contributed by atoms with Crippen molar-refractivity contribution in [2.45, 2.75) is 0 Å². The zero-order valence-electron chi connectivity index (χ0n) is 7.60. The van der Waals surface area contributed by atoms with Gasteiger partial charge >= 0.3 is 7.32 Å². The van der Waals surface area contributed by atoms with E-state index in [9.17, 15) is 4.79 Å². The summed E-state index contributed by atoms with van der Waals surface area (Å²) in [4.78, 5) is 11.1. The maximum absolute atomic E-state index is 11.1. The van der Waals surface area contributed by atoms with Gasteiger partial charge in [0.2, 0.25) is 0 Å². The van der Waals surface area contributed by atoms with Crippen LogP contribution in [-0.4, -0.2) is 30.3 Å². The maximum atomic E-state index is 11.1. The van der Waals surface area contributed by atoms with Crippen LogP contribution in [0.1, 0.15) is 10.4 Å². The maximum Gasteiger partial charge on any atom is 0.707 e. The molecular formula is C8H10BNO4. The van der Waals surface area contributed by atoms with E-state index in [1.54, 1.807) is 0 Å². The van der Waals surface area contributed by atoms with E-state index >= 15 is 0 Å². The molecule has 14 heavy (non-hydrogen) atoms. The summed E-state index contributed by atoms with van der Waals surface area (Å²) in [5.74, 6) is 0.0775. The van der Waals surface area contributed by atoms with E-state index in [2.05, 4.69) is 9.97 Å². The second kappa shape index (κ2) is 4.64. The summed E-state index contributed by atoms with van der Waals surface area (Å²) in [7, 11) is -0.314. The van der Waals surface area contributed by atoms with Crippen LogP contribution >= 0.6 is 0 Å². The highest BCUT2D eigenvalue weighted by Crippen LogP contribution is 2.11. The smallest absolute Gasteiger partial charge is 0.512 e. The van der Waals surface area contributed by atoms with E-state index in [1.165, 1.54) is 31.3 Å². The van der Waals surface area contributed by atoms with Crippen LogP contribution in [0.2, 0.25) is 0 Å². The van der Waals surface area contributed by atoms with Crippen molar-refractivity contribution >= 4 is 13.2 Å². The molecule has 0 aliphatic heterocycles. The van der Waals surface area contributed by atoms with Crippen LogP contribution in [0.3, 0.4) is 0 Å². The largest absolute Gasteiger partial charge is 0.707 e. The SMILES string of the molecule is CNC(=O)c1ccc(OB(O)O)cc1. The Morgan fingerprint density at radius 1 is 1.36 bits per heavy atom. The lowest BCUT2D eigenvalue weighted by Crippen LogP contribution is -2.21. The van der Waals surface area contributed by atoms with Crippen LogP contribution in [0.5, 0.6) is 5.75 Å². The number of benzene rings is 1. The van der Waals surface area contributed by atoms with Crippen molar-refractivity contribution in [3.05, 3.63) is 29.8 Å². The average Bonchev–Trinajstić information content (AvgIpc) is 2.17. The Hall–Kier alpha value is -1.53. The second-order valence-electron chi connectivity index (χ2n) is 2.55. The molecule has 0 saturated heterocycles. The van der Waals surface area contributed by atoms with Crippen LogP contribution in [0.15, 0.2) is 24.3 Å². The molecule has 1 aromatic carbocycles. The van der Waals surface area contributed by atoms with Crippen LogP contribution in [0.4, 0.5) is 0 Å². The number of amides is 1. The molecule has 0 unspecified atom stereocenters. The van der Waals surface area contributed by atoms with Gasteiger partial charge < -0.3 is 20.0 Å². The fourth-order valence-corrected chi connectivity index (χ4v) is 0.951. The number of hydrogen-bond acceptors (Lipinski definition) is 4. The van der Waals surface area contributed by atoms with E-state index in [-0.39, 0.29) is 11.7 Å². The Kier molecular flexibility index (Phi) is 3.50. The lowest BCUT2D eigenvalue weighted by atomic mass is 10.2. The molecule has 0 saturated carbocycles. The lowest BCUT2D eigenvalue weighted by Gasteiger charge is -2.04.